The Morgan fingerprint density at radius 2 is 2.00 bits per heavy atom. The number of carbonyl (C=O) groups is 2. The largest absolute Gasteiger partial charge is 0.481 e. The Labute approximate surface area is 104 Å². The van der Waals surface area contributed by atoms with Gasteiger partial charge in [-0.2, -0.15) is 0 Å². The molecule has 18 heavy (non-hydrogen) atoms. The van der Waals surface area contributed by atoms with Crippen molar-refractivity contribution < 1.29 is 23.5 Å². The van der Waals surface area contributed by atoms with Crippen molar-refractivity contribution in [2.24, 2.45) is 11.3 Å². The molecular formula is C12H17F2NO3. The molecule has 0 aromatic carbocycles. The van der Waals surface area contributed by atoms with E-state index >= 15 is 0 Å². The van der Waals surface area contributed by atoms with Gasteiger partial charge in [0.05, 0.1) is 0 Å². The summed E-state index contributed by atoms with van der Waals surface area (Å²) in [7, 11) is 0. The number of likely N-dealkylation sites (tertiary alicyclic amines) is 1. The number of amides is 1. The molecule has 6 heteroatoms. The van der Waals surface area contributed by atoms with Crippen LogP contribution < -0.4 is 0 Å². The van der Waals surface area contributed by atoms with Crippen LogP contribution in [-0.2, 0) is 9.59 Å². The van der Waals surface area contributed by atoms with Crippen molar-refractivity contribution in [3.63, 3.8) is 0 Å². The first-order valence-electron chi connectivity index (χ1n) is 6.18. The van der Waals surface area contributed by atoms with Gasteiger partial charge >= 0.3 is 5.97 Å². The van der Waals surface area contributed by atoms with Gasteiger partial charge in [-0.1, -0.05) is 12.8 Å². The third kappa shape index (κ3) is 1.69. The van der Waals surface area contributed by atoms with Crippen LogP contribution in [0.25, 0.3) is 0 Å². The van der Waals surface area contributed by atoms with E-state index in [1.54, 1.807) is 0 Å². The Balaban J connectivity index is 2.46. The summed E-state index contributed by atoms with van der Waals surface area (Å²) < 4.78 is 28.8. The fourth-order valence-corrected chi connectivity index (χ4v) is 3.16. The molecule has 1 aliphatic heterocycles. The van der Waals surface area contributed by atoms with Gasteiger partial charge in [0.25, 0.3) is 5.92 Å². The maximum atomic E-state index is 14.4. The van der Waals surface area contributed by atoms with Gasteiger partial charge in [0, 0.05) is 25.9 Å². The summed E-state index contributed by atoms with van der Waals surface area (Å²) in [6.07, 6.45) is 1.30. The van der Waals surface area contributed by atoms with E-state index in [9.17, 15) is 23.5 Å². The molecule has 1 saturated carbocycles. The number of aliphatic carboxylic acids is 1. The van der Waals surface area contributed by atoms with Crippen LogP contribution in [0.4, 0.5) is 8.78 Å². The predicted molar refractivity (Wildman–Crippen MR) is 59.2 cm³/mol. The molecule has 1 N–H and O–H groups in total. The van der Waals surface area contributed by atoms with Gasteiger partial charge in [-0.25, -0.2) is 8.78 Å². The third-order valence-corrected chi connectivity index (χ3v) is 4.31. The zero-order chi connectivity index (χ0) is 13.6. The zero-order valence-electron chi connectivity index (χ0n) is 10.3. The van der Waals surface area contributed by atoms with Crippen molar-refractivity contribution in [2.75, 3.05) is 13.1 Å². The van der Waals surface area contributed by atoms with Crippen LogP contribution in [0.5, 0.6) is 0 Å². The van der Waals surface area contributed by atoms with Crippen molar-refractivity contribution in [1.82, 2.24) is 4.90 Å². The van der Waals surface area contributed by atoms with Crippen molar-refractivity contribution in [3.8, 4) is 0 Å². The Bertz CT molecular complexity index is 386. The number of fused-ring (bicyclic) bond motifs is 2. The first-order chi connectivity index (χ1) is 8.31. The second-order valence-electron chi connectivity index (χ2n) is 5.35. The van der Waals surface area contributed by atoms with Crippen LogP contribution in [-0.4, -0.2) is 40.9 Å². The Kier molecular flexibility index (Phi) is 3.07. The van der Waals surface area contributed by atoms with Gasteiger partial charge in [-0.3, -0.25) is 9.59 Å². The minimum atomic E-state index is -3.23. The molecule has 1 aliphatic carbocycles. The molecule has 0 aromatic heterocycles. The van der Waals surface area contributed by atoms with Crippen LogP contribution in [0, 0.1) is 11.3 Å². The maximum Gasteiger partial charge on any atom is 0.317 e. The van der Waals surface area contributed by atoms with Crippen LogP contribution >= 0.6 is 0 Å². The Morgan fingerprint density at radius 1 is 1.33 bits per heavy atom. The number of rotatable bonds is 1. The molecule has 0 spiro atoms. The number of halogens is 2. The molecule has 2 fully saturated rings. The zero-order valence-corrected chi connectivity index (χ0v) is 10.3. The standard InChI is InChI=1S/C12H17F2NO3/c1-8(16)15-6-9-4-2-3-5-11(7-15,10(17)18)12(9,13)14/h9H,2-7H2,1H3,(H,17,18). The Morgan fingerprint density at radius 3 is 2.56 bits per heavy atom. The summed E-state index contributed by atoms with van der Waals surface area (Å²) in [5.74, 6) is -6.08. The number of hydrogen-bond donors (Lipinski definition) is 1. The number of alkyl halides is 2. The lowest BCUT2D eigenvalue weighted by Crippen LogP contribution is -2.64. The van der Waals surface area contributed by atoms with E-state index in [0.29, 0.717) is 12.8 Å². The summed E-state index contributed by atoms with van der Waals surface area (Å²) in [5.41, 5.74) is -2.10. The van der Waals surface area contributed by atoms with E-state index in [4.69, 9.17) is 0 Å². The summed E-state index contributed by atoms with van der Waals surface area (Å²) in [5, 5.41) is 9.28. The van der Waals surface area contributed by atoms with Crippen molar-refractivity contribution in [3.05, 3.63) is 0 Å². The number of piperidine rings is 1. The number of nitrogens with zero attached hydrogens (tertiary/aromatic N) is 1. The van der Waals surface area contributed by atoms with E-state index in [1.165, 1.54) is 11.8 Å². The molecule has 102 valence electrons. The van der Waals surface area contributed by atoms with Crippen LogP contribution in [0.15, 0.2) is 0 Å². The molecule has 4 nitrogen and oxygen atoms in total. The molecule has 1 heterocycles. The van der Waals surface area contributed by atoms with Gasteiger partial charge in [-0.15, -0.1) is 0 Å². The van der Waals surface area contributed by atoms with Gasteiger partial charge in [0.15, 0.2) is 0 Å². The average molecular weight is 261 g/mol. The van der Waals surface area contributed by atoms with E-state index < -0.39 is 23.2 Å². The second kappa shape index (κ2) is 4.17. The van der Waals surface area contributed by atoms with Gasteiger partial charge in [-0.05, 0) is 12.8 Å². The molecule has 2 rings (SSSR count). The Hall–Kier alpha value is -1.20. The number of hydrogen-bond acceptors (Lipinski definition) is 2. The first-order valence-corrected chi connectivity index (χ1v) is 6.18. The molecule has 0 radical (unpaired) electrons. The lowest BCUT2D eigenvalue weighted by atomic mass is 9.70. The average Bonchev–Trinajstić information content (AvgIpc) is 2.36. The molecule has 0 aromatic rings. The highest BCUT2D eigenvalue weighted by atomic mass is 19.3. The normalized spacial score (nSPS) is 34.8. The van der Waals surface area contributed by atoms with Crippen molar-refractivity contribution >= 4 is 11.9 Å². The lowest BCUT2D eigenvalue weighted by molar-refractivity contribution is -0.216. The predicted octanol–water partition coefficient (Wildman–Crippen LogP) is 1.75. The van der Waals surface area contributed by atoms with Gasteiger partial charge < -0.3 is 10.0 Å². The van der Waals surface area contributed by atoms with Gasteiger partial charge in [0.1, 0.15) is 5.41 Å². The highest BCUT2D eigenvalue weighted by molar-refractivity contribution is 5.79. The van der Waals surface area contributed by atoms with Crippen LogP contribution in [0.1, 0.15) is 32.6 Å². The lowest BCUT2D eigenvalue weighted by Gasteiger charge is -2.48. The molecule has 1 amide bonds. The van der Waals surface area contributed by atoms with Crippen LogP contribution in [0.3, 0.4) is 0 Å². The summed E-state index contributed by atoms with van der Waals surface area (Å²) in [4.78, 5) is 24.1. The smallest absolute Gasteiger partial charge is 0.317 e. The fourth-order valence-electron chi connectivity index (χ4n) is 3.16. The highest BCUT2D eigenvalue weighted by Gasteiger charge is 2.66. The third-order valence-electron chi connectivity index (χ3n) is 4.31. The number of carbonyl (C=O) groups excluding carboxylic acids is 1. The second-order valence-corrected chi connectivity index (χ2v) is 5.35. The minimum Gasteiger partial charge on any atom is -0.481 e. The monoisotopic (exact) mass is 261 g/mol. The molecule has 2 atom stereocenters. The highest BCUT2D eigenvalue weighted by Crippen LogP contribution is 2.53. The molecule has 2 bridgehead atoms. The van der Waals surface area contributed by atoms with E-state index in [0.717, 1.165) is 0 Å². The summed E-state index contributed by atoms with van der Waals surface area (Å²) >= 11 is 0. The summed E-state index contributed by atoms with van der Waals surface area (Å²) in [6, 6.07) is 0. The molecular weight excluding hydrogens is 244 g/mol. The topological polar surface area (TPSA) is 57.6 Å². The minimum absolute atomic E-state index is 0.0304. The van der Waals surface area contributed by atoms with E-state index in [1.807, 2.05) is 0 Å². The summed E-state index contributed by atoms with van der Waals surface area (Å²) in [6.45, 7) is 0.892. The quantitative estimate of drug-likeness (QED) is 0.782. The van der Waals surface area contributed by atoms with Crippen molar-refractivity contribution in [2.45, 2.75) is 38.5 Å². The first kappa shape index (κ1) is 13.2. The molecule has 2 aliphatic rings. The SMILES string of the molecule is CC(=O)N1CC2CCCCC(C(=O)O)(C1)C2(F)F. The van der Waals surface area contributed by atoms with Gasteiger partial charge in [0.2, 0.25) is 5.91 Å². The van der Waals surface area contributed by atoms with Crippen molar-refractivity contribution in [1.29, 1.82) is 0 Å². The molecule has 2 unspecified atom stereocenters. The number of carboxylic acid groups (broad SMARTS) is 1. The van der Waals surface area contributed by atoms with E-state index in [-0.39, 0.29) is 31.8 Å². The van der Waals surface area contributed by atoms with E-state index in [2.05, 4.69) is 0 Å². The van der Waals surface area contributed by atoms with Crippen LogP contribution in [0.2, 0.25) is 0 Å². The fraction of sp³-hybridized carbons (Fsp3) is 0.833. The number of carboxylic acids is 1. The maximum absolute atomic E-state index is 14.4. The molecule has 1 saturated heterocycles.